The molecular formula is C14H15BrFN3O. The van der Waals surface area contributed by atoms with Crippen molar-refractivity contribution in [3.8, 4) is 11.6 Å². The maximum absolute atomic E-state index is 13.7. The van der Waals surface area contributed by atoms with E-state index < -0.39 is 5.82 Å². The molecule has 0 aliphatic heterocycles. The van der Waals surface area contributed by atoms with Gasteiger partial charge in [0.05, 0.1) is 6.20 Å². The van der Waals surface area contributed by atoms with Crippen molar-refractivity contribution in [2.45, 2.75) is 20.3 Å². The van der Waals surface area contributed by atoms with E-state index in [0.717, 1.165) is 29.2 Å². The molecule has 1 heterocycles. The van der Waals surface area contributed by atoms with Crippen LogP contribution in [-0.2, 0) is 0 Å². The van der Waals surface area contributed by atoms with Gasteiger partial charge in [0.25, 0.3) is 5.88 Å². The number of nitrogens with one attached hydrogen (secondary N) is 1. The lowest BCUT2D eigenvalue weighted by molar-refractivity contribution is 0.418. The van der Waals surface area contributed by atoms with Crippen LogP contribution in [0.5, 0.6) is 11.6 Å². The van der Waals surface area contributed by atoms with E-state index in [0.29, 0.717) is 11.7 Å². The molecule has 0 fully saturated rings. The van der Waals surface area contributed by atoms with Crippen molar-refractivity contribution in [2.75, 3.05) is 11.9 Å². The molecule has 4 nitrogen and oxygen atoms in total. The van der Waals surface area contributed by atoms with Gasteiger partial charge in [-0.05, 0) is 37.1 Å². The summed E-state index contributed by atoms with van der Waals surface area (Å²) in [5.41, 5.74) is 0.889. The van der Waals surface area contributed by atoms with Crippen LogP contribution in [0.25, 0.3) is 0 Å². The first-order valence-electron chi connectivity index (χ1n) is 6.30. The number of ether oxygens (including phenoxy) is 1. The highest BCUT2D eigenvalue weighted by Gasteiger charge is 2.11. The minimum Gasteiger partial charge on any atom is -0.436 e. The summed E-state index contributed by atoms with van der Waals surface area (Å²) >= 11 is 3.37. The standard InChI is InChI=1S/C14H15BrFN3O/c1-3-6-17-14-18-8-11(16)13(19-14)20-12-5-4-10(15)7-9(12)2/h4-5,7-8H,3,6H2,1-2H3,(H,17,18,19). The van der Waals surface area contributed by atoms with Gasteiger partial charge in [-0.3, -0.25) is 0 Å². The van der Waals surface area contributed by atoms with Crippen LogP contribution in [0.1, 0.15) is 18.9 Å². The molecule has 1 N–H and O–H groups in total. The molecule has 0 aliphatic carbocycles. The largest absolute Gasteiger partial charge is 0.436 e. The first-order valence-corrected chi connectivity index (χ1v) is 7.10. The van der Waals surface area contributed by atoms with Crippen molar-refractivity contribution in [1.29, 1.82) is 0 Å². The summed E-state index contributed by atoms with van der Waals surface area (Å²) in [5.74, 6) is 0.253. The molecule has 0 amide bonds. The monoisotopic (exact) mass is 339 g/mol. The Morgan fingerprint density at radius 2 is 2.20 bits per heavy atom. The summed E-state index contributed by atoms with van der Waals surface area (Å²) in [6.07, 6.45) is 2.04. The lowest BCUT2D eigenvalue weighted by atomic mass is 10.2. The molecule has 0 unspecified atom stereocenters. The Kier molecular flexibility index (Phi) is 4.89. The van der Waals surface area contributed by atoms with Crippen LogP contribution in [0, 0.1) is 12.7 Å². The quantitative estimate of drug-likeness (QED) is 0.882. The lowest BCUT2D eigenvalue weighted by Gasteiger charge is -2.10. The Bertz CT molecular complexity index is 607. The van der Waals surface area contributed by atoms with Gasteiger partial charge < -0.3 is 10.1 Å². The zero-order valence-corrected chi connectivity index (χ0v) is 12.9. The summed E-state index contributed by atoms with van der Waals surface area (Å²) in [4.78, 5) is 7.91. The van der Waals surface area contributed by atoms with Gasteiger partial charge in [0.1, 0.15) is 5.75 Å². The van der Waals surface area contributed by atoms with Gasteiger partial charge in [-0.25, -0.2) is 4.98 Å². The van der Waals surface area contributed by atoms with Gasteiger partial charge in [0.15, 0.2) is 0 Å². The van der Waals surface area contributed by atoms with Crippen LogP contribution in [0.4, 0.5) is 10.3 Å². The topological polar surface area (TPSA) is 47.0 Å². The number of halogens is 2. The normalized spacial score (nSPS) is 10.4. The minimum absolute atomic E-state index is 0.0796. The Labute approximate surface area is 125 Å². The van der Waals surface area contributed by atoms with Crippen LogP contribution >= 0.6 is 15.9 Å². The second kappa shape index (κ2) is 6.65. The summed E-state index contributed by atoms with van der Waals surface area (Å²) < 4.78 is 20.2. The Morgan fingerprint density at radius 3 is 2.90 bits per heavy atom. The summed E-state index contributed by atoms with van der Waals surface area (Å²) in [7, 11) is 0. The third-order valence-electron chi connectivity index (χ3n) is 2.59. The van der Waals surface area contributed by atoms with Gasteiger partial charge in [-0.2, -0.15) is 9.37 Å². The average molecular weight is 340 g/mol. The van der Waals surface area contributed by atoms with Crippen molar-refractivity contribution < 1.29 is 9.13 Å². The molecule has 0 saturated carbocycles. The molecule has 20 heavy (non-hydrogen) atoms. The molecule has 1 aromatic carbocycles. The predicted octanol–water partition coefficient (Wildman–Crippen LogP) is 4.30. The molecule has 0 atom stereocenters. The van der Waals surface area contributed by atoms with E-state index in [4.69, 9.17) is 4.74 Å². The lowest BCUT2D eigenvalue weighted by Crippen LogP contribution is -2.06. The maximum Gasteiger partial charge on any atom is 0.260 e. The van der Waals surface area contributed by atoms with Crippen LogP contribution in [0.2, 0.25) is 0 Å². The van der Waals surface area contributed by atoms with Gasteiger partial charge in [0, 0.05) is 11.0 Å². The average Bonchev–Trinajstić information content (AvgIpc) is 2.42. The van der Waals surface area contributed by atoms with Crippen molar-refractivity contribution in [3.05, 3.63) is 40.2 Å². The fourth-order valence-corrected chi connectivity index (χ4v) is 2.05. The first kappa shape index (κ1) is 14.7. The number of aryl methyl sites for hydroxylation is 1. The van der Waals surface area contributed by atoms with Gasteiger partial charge >= 0.3 is 0 Å². The van der Waals surface area contributed by atoms with Crippen LogP contribution in [0.3, 0.4) is 0 Å². The maximum atomic E-state index is 13.7. The Morgan fingerprint density at radius 1 is 1.40 bits per heavy atom. The van der Waals surface area contributed by atoms with Crippen molar-refractivity contribution in [2.24, 2.45) is 0 Å². The number of hydrogen-bond donors (Lipinski definition) is 1. The smallest absolute Gasteiger partial charge is 0.260 e. The third-order valence-corrected chi connectivity index (χ3v) is 3.08. The van der Waals surface area contributed by atoms with E-state index in [1.165, 1.54) is 0 Å². The minimum atomic E-state index is -0.589. The first-order chi connectivity index (χ1) is 9.60. The number of nitrogens with zero attached hydrogens (tertiary/aromatic N) is 2. The predicted molar refractivity (Wildman–Crippen MR) is 79.7 cm³/mol. The number of anilines is 1. The van der Waals surface area contributed by atoms with Crippen molar-refractivity contribution >= 4 is 21.9 Å². The molecule has 0 radical (unpaired) electrons. The van der Waals surface area contributed by atoms with E-state index in [1.807, 2.05) is 26.0 Å². The molecule has 6 heteroatoms. The Hall–Kier alpha value is -1.69. The third kappa shape index (κ3) is 3.66. The highest BCUT2D eigenvalue weighted by molar-refractivity contribution is 9.10. The number of hydrogen-bond acceptors (Lipinski definition) is 4. The Balaban J connectivity index is 2.23. The zero-order valence-electron chi connectivity index (χ0n) is 11.3. The summed E-state index contributed by atoms with van der Waals surface area (Å²) in [6, 6.07) is 5.49. The fourth-order valence-electron chi connectivity index (χ4n) is 1.58. The van der Waals surface area contributed by atoms with E-state index >= 15 is 0 Å². The van der Waals surface area contributed by atoms with E-state index in [2.05, 4.69) is 31.2 Å². The second-order valence-electron chi connectivity index (χ2n) is 4.29. The number of rotatable bonds is 5. The molecule has 106 valence electrons. The van der Waals surface area contributed by atoms with Crippen molar-refractivity contribution in [3.63, 3.8) is 0 Å². The van der Waals surface area contributed by atoms with Gasteiger partial charge in [-0.1, -0.05) is 22.9 Å². The van der Waals surface area contributed by atoms with E-state index in [9.17, 15) is 4.39 Å². The highest BCUT2D eigenvalue weighted by atomic mass is 79.9. The fraction of sp³-hybridized carbons (Fsp3) is 0.286. The van der Waals surface area contributed by atoms with Crippen molar-refractivity contribution in [1.82, 2.24) is 9.97 Å². The zero-order chi connectivity index (χ0) is 14.5. The van der Waals surface area contributed by atoms with E-state index in [1.54, 1.807) is 6.07 Å². The molecule has 0 spiro atoms. The second-order valence-corrected chi connectivity index (χ2v) is 5.20. The highest BCUT2D eigenvalue weighted by Crippen LogP contribution is 2.28. The van der Waals surface area contributed by atoms with Gasteiger partial charge in [0.2, 0.25) is 11.8 Å². The molecule has 0 saturated heterocycles. The van der Waals surface area contributed by atoms with Crippen LogP contribution in [0.15, 0.2) is 28.9 Å². The summed E-state index contributed by atoms with van der Waals surface area (Å²) in [6.45, 7) is 4.64. The van der Waals surface area contributed by atoms with Crippen LogP contribution < -0.4 is 10.1 Å². The molecule has 0 bridgehead atoms. The van der Waals surface area contributed by atoms with E-state index in [-0.39, 0.29) is 5.88 Å². The number of aromatic nitrogens is 2. The van der Waals surface area contributed by atoms with Crippen LogP contribution in [-0.4, -0.2) is 16.5 Å². The molecule has 0 aliphatic rings. The summed E-state index contributed by atoms with van der Waals surface area (Å²) in [5, 5.41) is 3.00. The molecular weight excluding hydrogens is 325 g/mol. The SMILES string of the molecule is CCCNc1ncc(F)c(Oc2ccc(Br)cc2C)n1. The molecule has 1 aromatic heterocycles. The number of benzene rings is 1. The molecule has 2 rings (SSSR count). The molecule has 2 aromatic rings. The van der Waals surface area contributed by atoms with Gasteiger partial charge in [-0.15, -0.1) is 0 Å².